The Bertz CT molecular complexity index is 781. The summed E-state index contributed by atoms with van der Waals surface area (Å²) >= 11 is 0. The predicted octanol–water partition coefficient (Wildman–Crippen LogP) is 2.42. The molecule has 1 heterocycles. The van der Waals surface area contributed by atoms with Crippen LogP contribution in [0.5, 0.6) is 0 Å². The molecule has 2 amide bonds. The van der Waals surface area contributed by atoms with Crippen molar-refractivity contribution < 1.29 is 14.4 Å². The zero-order valence-electron chi connectivity index (χ0n) is 12.7. The summed E-state index contributed by atoms with van der Waals surface area (Å²) in [5, 5.41) is 2.74. The molecule has 5 nitrogen and oxygen atoms in total. The number of carbonyl (C=O) groups is 3. The molecule has 0 atom stereocenters. The summed E-state index contributed by atoms with van der Waals surface area (Å²) in [6, 6.07) is 14.2. The molecule has 1 N–H and O–H groups in total. The first-order chi connectivity index (χ1) is 11.1. The molecule has 2 aromatic carbocycles. The third-order valence-electron chi connectivity index (χ3n) is 3.83. The highest BCUT2D eigenvalue weighted by Gasteiger charge is 2.36. The van der Waals surface area contributed by atoms with Gasteiger partial charge in [-0.05, 0) is 36.2 Å². The Hall–Kier alpha value is -2.95. The largest absolute Gasteiger partial charge is 0.325 e. The molecule has 1 aliphatic rings. The van der Waals surface area contributed by atoms with Gasteiger partial charge in [0, 0.05) is 5.69 Å². The summed E-state index contributed by atoms with van der Waals surface area (Å²) in [4.78, 5) is 37.3. The summed E-state index contributed by atoms with van der Waals surface area (Å²) in [7, 11) is 0. The number of hydrogen-bond donors (Lipinski definition) is 1. The lowest BCUT2D eigenvalue weighted by molar-refractivity contribution is -0.118. The number of rotatable bonds is 4. The van der Waals surface area contributed by atoms with Crippen LogP contribution in [0.4, 0.5) is 11.4 Å². The molecule has 0 fully saturated rings. The molecule has 0 spiro atoms. The first kappa shape index (κ1) is 15.0. The summed E-state index contributed by atoms with van der Waals surface area (Å²) in [6.07, 6.45) is 0.926. The van der Waals surface area contributed by atoms with Gasteiger partial charge in [-0.1, -0.05) is 31.2 Å². The second kappa shape index (κ2) is 6.04. The number of nitrogens with zero attached hydrogens (tertiary/aromatic N) is 1. The molecule has 23 heavy (non-hydrogen) atoms. The molecule has 1 aliphatic heterocycles. The quantitative estimate of drug-likeness (QED) is 0.882. The van der Waals surface area contributed by atoms with Crippen LogP contribution in [0, 0.1) is 0 Å². The van der Waals surface area contributed by atoms with Gasteiger partial charge in [0.05, 0.1) is 11.3 Å². The number of amides is 2. The maximum Gasteiger partial charge on any atom is 0.299 e. The minimum absolute atomic E-state index is 0.183. The first-order valence-corrected chi connectivity index (χ1v) is 7.44. The number of hydrogen-bond acceptors (Lipinski definition) is 3. The van der Waals surface area contributed by atoms with E-state index in [0.717, 1.165) is 6.42 Å². The van der Waals surface area contributed by atoms with E-state index in [-0.39, 0.29) is 12.5 Å². The normalized spacial score (nSPS) is 13.2. The van der Waals surface area contributed by atoms with E-state index in [1.165, 1.54) is 10.5 Å². The number of nitrogens with one attached hydrogen (secondary N) is 1. The molecule has 0 radical (unpaired) electrons. The highest BCUT2D eigenvalue weighted by molar-refractivity contribution is 6.52. The third-order valence-corrected chi connectivity index (χ3v) is 3.83. The predicted molar refractivity (Wildman–Crippen MR) is 87.6 cm³/mol. The Morgan fingerprint density at radius 1 is 1.04 bits per heavy atom. The fourth-order valence-electron chi connectivity index (χ4n) is 2.57. The maximum absolute atomic E-state index is 12.2. The van der Waals surface area contributed by atoms with Crippen LogP contribution in [0.25, 0.3) is 0 Å². The minimum atomic E-state index is -0.664. The van der Waals surface area contributed by atoms with Crippen LogP contribution in [0.2, 0.25) is 0 Å². The van der Waals surface area contributed by atoms with Crippen molar-refractivity contribution in [3.05, 3.63) is 59.7 Å². The van der Waals surface area contributed by atoms with Crippen LogP contribution >= 0.6 is 0 Å². The average molecular weight is 308 g/mol. The summed E-state index contributed by atoms with van der Waals surface area (Å²) in [5.41, 5.74) is 2.67. The van der Waals surface area contributed by atoms with Crippen molar-refractivity contribution in [2.24, 2.45) is 0 Å². The minimum Gasteiger partial charge on any atom is -0.325 e. The third kappa shape index (κ3) is 2.85. The molecule has 0 aromatic heterocycles. The van der Waals surface area contributed by atoms with Crippen molar-refractivity contribution >= 4 is 29.0 Å². The van der Waals surface area contributed by atoms with E-state index in [1.54, 1.807) is 24.3 Å². The summed E-state index contributed by atoms with van der Waals surface area (Å²) < 4.78 is 0. The van der Waals surface area contributed by atoms with Crippen LogP contribution in [-0.4, -0.2) is 24.1 Å². The van der Waals surface area contributed by atoms with Crippen molar-refractivity contribution in [3.8, 4) is 0 Å². The number of ketones is 1. The Kier molecular flexibility index (Phi) is 3.93. The second-order valence-electron chi connectivity index (χ2n) is 5.34. The number of para-hydroxylation sites is 1. The van der Waals surface area contributed by atoms with Gasteiger partial charge in [0.25, 0.3) is 11.7 Å². The number of aryl methyl sites for hydroxylation is 1. The van der Waals surface area contributed by atoms with Crippen molar-refractivity contribution in [1.29, 1.82) is 0 Å². The highest BCUT2D eigenvalue weighted by atomic mass is 16.2. The van der Waals surface area contributed by atoms with E-state index in [2.05, 4.69) is 12.2 Å². The van der Waals surface area contributed by atoms with E-state index in [4.69, 9.17) is 0 Å². The van der Waals surface area contributed by atoms with E-state index < -0.39 is 11.7 Å². The Balaban J connectivity index is 1.72. The highest BCUT2D eigenvalue weighted by Crippen LogP contribution is 2.28. The van der Waals surface area contributed by atoms with E-state index in [9.17, 15) is 14.4 Å². The molecule has 0 aliphatic carbocycles. The molecular weight excluding hydrogens is 292 g/mol. The molecule has 0 saturated heterocycles. The van der Waals surface area contributed by atoms with Crippen molar-refractivity contribution in [1.82, 2.24) is 0 Å². The monoisotopic (exact) mass is 308 g/mol. The lowest BCUT2D eigenvalue weighted by Gasteiger charge is -2.16. The number of fused-ring (bicyclic) bond motifs is 1. The number of anilines is 2. The first-order valence-electron chi connectivity index (χ1n) is 7.44. The zero-order chi connectivity index (χ0) is 16.4. The Labute approximate surface area is 133 Å². The van der Waals surface area contributed by atoms with Crippen LogP contribution in [0.1, 0.15) is 22.8 Å². The molecule has 0 bridgehead atoms. The summed E-state index contributed by atoms with van der Waals surface area (Å²) in [5.74, 6) is -1.57. The van der Waals surface area contributed by atoms with E-state index in [0.29, 0.717) is 16.9 Å². The molecule has 3 rings (SSSR count). The van der Waals surface area contributed by atoms with Gasteiger partial charge in [0.1, 0.15) is 6.54 Å². The Morgan fingerprint density at radius 2 is 1.74 bits per heavy atom. The maximum atomic E-state index is 12.2. The number of Topliss-reactive ketones (excluding diaryl/α,β-unsaturated/α-hetero) is 1. The molecule has 0 unspecified atom stereocenters. The number of carbonyl (C=O) groups excluding carboxylic acids is 3. The van der Waals surface area contributed by atoms with Gasteiger partial charge in [-0.25, -0.2) is 0 Å². The van der Waals surface area contributed by atoms with Gasteiger partial charge < -0.3 is 5.32 Å². The van der Waals surface area contributed by atoms with Crippen molar-refractivity contribution in [3.63, 3.8) is 0 Å². The zero-order valence-corrected chi connectivity index (χ0v) is 12.7. The van der Waals surface area contributed by atoms with Crippen LogP contribution in [-0.2, 0) is 16.0 Å². The van der Waals surface area contributed by atoms with Crippen LogP contribution in [0.3, 0.4) is 0 Å². The smallest absolute Gasteiger partial charge is 0.299 e. The lowest BCUT2D eigenvalue weighted by Crippen LogP contribution is -2.37. The SMILES string of the molecule is CCc1ccc(NC(=O)CN2C(=O)C(=O)c3ccccc32)cc1. The summed E-state index contributed by atoms with van der Waals surface area (Å²) in [6.45, 7) is 1.87. The molecule has 2 aromatic rings. The topological polar surface area (TPSA) is 66.5 Å². The lowest BCUT2D eigenvalue weighted by atomic mass is 10.1. The van der Waals surface area contributed by atoms with Gasteiger partial charge in [-0.2, -0.15) is 0 Å². The number of benzene rings is 2. The fraction of sp³-hybridized carbons (Fsp3) is 0.167. The van der Waals surface area contributed by atoms with Crippen LogP contribution in [0.15, 0.2) is 48.5 Å². The van der Waals surface area contributed by atoms with Gasteiger partial charge in [-0.3, -0.25) is 19.3 Å². The molecule has 116 valence electrons. The molecule has 0 saturated carbocycles. The van der Waals surface area contributed by atoms with Gasteiger partial charge in [0.15, 0.2) is 0 Å². The van der Waals surface area contributed by atoms with Gasteiger partial charge in [-0.15, -0.1) is 0 Å². The van der Waals surface area contributed by atoms with Crippen molar-refractivity contribution in [2.45, 2.75) is 13.3 Å². The van der Waals surface area contributed by atoms with Gasteiger partial charge >= 0.3 is 0 Å². The van der Waals surface area contributed by atoms with Gasteiger partial charge in [0.2, 0.25) is 5.91 Å². The van der Waals surface area contributed by atoms with Crippen LogP contribution < -0.4 is 10.2 Å². The molecular formula is C18H16N2O3. The second-order valence-corrected chi connectivity index (χ2v) is 5.34. The van der Waals surface area contributed by atoms with E-state index >= 15 is 0 Å². The Morgan fingerprint density at radius 3 is 2.43 bits per heavy atom. The average Bonchev–Trinajstić information content (AvgIpc) is 2.81. The molecule has 5 heteroatoms. The van der Waals surface area contributed by atoms with E-state index in [1.807, 2.05) is 24.3 Å². The fourth-order valence-corrected chi connectivity index (χ4v) is 2.57. The van der Waals surface area contributed by atoms with Crippen molar-refractivity contribution in [2.75, 3.05) is 16.8 Å². The standard InChI is InChI=1S/C18H16N2O3/c1-2-12-7-9-13(10-8-12)19-16(21)11-20-15-6-4-3-5-14(15)17(22)18(20)23/h3-10H,2,11H2,1H3,(H,19,21).